The Morgan fingerprint density at radius 3 is 2.56 bits per heavy atom. The molecule has 0 aliphatic carbocycles. The summed E-state index contributed by atoms with van der Waals surface area (Å²) in [6, 6.07) is 5.13. The van der Waals surface area contributed by atoms with E-state index >= 15 is 0 Å². The van der Waals surface area contributed by atoms with Gasteiger partial charge in [-0.1, -0.05) is 24.6 Å². The Kier molecular flexibility index (Phi) is 5.39. The van der Waals surface area contributed by atoms with E-state index in [1.807, 2.05) is 19.1 Å². The van der Waals surface area contributed by atoms with Crippen LogP contribution < -0.4 is 4.90 Å². The first-order valence-corrected chi connectivity index (χ1v) is 10.2. The topological polar surface area (TPSA) is 57.7 Å². The number of anilines is 1. The minimum Gasteiger partial charge on any atom is -0.308 e. The van der Waals surface area contributed by atoms with Crippen LogP contribution in [0, 0.1) is 0 Å². The van der Waals surface area contributed by atoms with Gasteiger partial charge in [-0.3, -0.25) is 4.79 Å². The highest BCUT2D eigenvalue weighted by Gasteiger charge is 2.29. The molecule has 0 aromatic heterocycles. The van der Waals surface area contributed by atoms with Crippen LogP contribution in [0.15, 0.2) is 47.4 Å². The van der Waals surface area contributed by atoms with Gasteiger partial charge in [-0.15, -0.1) is 0 Å². The minimum absolute atomic E-state index is 0.0801. The lowest BCUT2D eigenvalue weighted by Crippen LogP contribution is -2.35. The first-order valence-electron chi connectivity index (χ1n) is 8.78. The summed E-state index contributed by atoms with van der Waals surface area (Å²) in [6.07, 6.45) is 10.5. The van der Waals surface area contributed by atoms with Crippen LogP contribution in [0.3, 0.4) is 0 Å². The second-order valence-corrected chi connectivity index (χ2v) is 8.32. The summed E-state index contributed by atoms with van der Waals surface area (Å²) in [4.78, 5) is 14.3. The van der Waals surface area contributed by atoms with Crippen molar-refractivity contribution in [3.63, 3.8) is 0 Å². The first-order chi connectivity index (χ1) is 12.0. The molecule has 6 heteroatoms. The number of sulfonamides is 1. The molecule has 0 spiro atoms. The summed E-state index contributed by atoms with van der Waals surface area (Å²) in [5.41, 5.74) is 1.73. The standard InChI is InChI=1S/C19H24N2O3S/c1-2-3-5-8-19(22)21-14-11-16-15-17(9-10-18(16)21)25(23,24)20-12-6-4-7-13-20/h2-3,5,8-10,15H,4,6-7,11-14H2,1H3/b3-2+,8-5+. The number of fused-ring (bicyclic) bond motifs is 1. The molecule has 1 amide bonds. The van der Waals surface area contributed by atoms with Crippen molar-refractivity contribution in [1.29, 1.82) is 0 Å². The van der Waals surface area contributed by atoms with Gasteiger partial charge < -0.3 is 4.90 Å². The number of carbonyl (C=O) groups excluding carboxylic acids is 1. The summed E-state index contributed by atoms with van der Waals surface area (Å²) < 4.78 is 27.2. The zero-order valence-electron chi connectivity index (χ0n) is 14.5. The van der Waals surface area contributed by atoms with Crippen molar-refractivity contribution >= 4 is 21.6 Å². The molecule has 3 rings (SSSR count). The largest absolute Gasteiger partial charge is 0.308 e. The Balaban J connectivity index is 1.83. The quantitative estimate of drug-likeness (QED) is 0.613. The predicted octanol–water partition coefficient (Wildman–Crippen LogP) is 2.88. The summed E-state index contributed by atoms with van der Waals surface area (Å²) in [6.45, 7) is 3.67. The molecule has 134 valence electrons. The molecule has 0 N–H and O–H groups in total. The molecule has 1 aromatic carbocycles. The van der Waals surface area contributed by atoms with Crippen LogP contribution in [0.2, 0.25) is 0 Å². The van der Waals surface area contributed by atoms with Gasteiger partial charge in [0, 0.05) is 31.4 Å². The van der Waals surface area contributed by atoms with Gasteiger partial charge in [0.15, 0.2) is 0 Å². The average molecular weight is 360 g/mol. The van der Waals surface area contributed by atoms with Gasteiger partial charge in [0.2, 0.25) is 10.0 Å². The van der Waals surface area contributed by atoms with E-state index < -0.39 is 10.0 Å². The Bertz CT molecular complexity index is 806. The minimum atomic E-state index is -3.43. The van der Waals surface area contributed by atoms with Crippen LogP contribution in [0.25, 0.3) is 0 Å². The van der Waals surface area contributed by atoms with Crippen LogP contribution in [0.4, 0.5) is 5.69 Å². The Morgan fingerprint density at radius 2 is 1.84 bits per heavy atom. The highest BCUT2D eigenvalue weighted by Crippen LogP contribution is 2.31. The first kappa shape index (κ1) is 17.9. The van der Waals surface area contributed by atoms with Gasteiger partial charge in [0.1, 0.15) is 0 Å². The van der Waals surface area contributed by atoms with Crippen LogP contribution in [0.1, 0.15) is 31.7 Å². The molecule has 0 unspecified atom stereocenters. The summed E-state index contributed by atoms with van der Waals surface area (Å²) in [5.74, 6) is -0.0801. The molecular formula is C19H24N2O3S. The maximum absolute atomic E-state index is 12.8. The predicted molar refractivity (Wildman–Crippen MR) is 99.1 cm³/mol. The van der Waals surface area contributed by atoms with Gasteiger partial charge in [0.05, 0.1) is 4.90 Å². The van der Waals surface area contributed by atoms with Gasteiger partial charge in [0.25, 0.3) is 5.91 Å². The number of hydrogen-bond donors (Lipinski definition) is 0. The van der Waals surface area contributed by atoms with Crippen molar-refractivity contribution in [2.45, 2.75) is 37.5 Å². The number of benzene rings is 1. The van der Waals surface area contributed by atoms with E-state index in [1.54, 1.807) is 33.5 Å². The fourth-order valence-corrected chi connectivity index (χ4v) is 4.93. The third kappa shape index (κ3) is 3.70. The highest BCUT2D eigenvalue weighted by atomic mass is 32.2. The number of rotatable bonds is 4. The fourth-order valence-electron chi connectivity index (χ4n) is 3.36. The number of carbonyl (C=O) groups is 1. The van der Waals surface area contributed by atoms with Crippen molar-refractivity contribution in [2.75, 3.05) is 24.5 Å². The summed E-state index contributed by atoms with van der Waals surface area (Å²) in [5, 5.41) is 0. The average Bonchev–Trinajstić information content (AvgIpc) is 3.06. The Hall–Kier alpha value is -1.92. The third-order valence-corrected chi connectivity index (χ3v) is 6.60. The van der Waals surface area contributed by atoms with Crippen molar-refractivity contribution in [2.24, 2.45) is 0 Å². The molecule has 1 saturated heterocycles. The number of hydrogen-bond acceptors (Lipinski definition) is 3. The SMILES string of the molecule is C/C=C/C=C/C(=O)N1CCc2cc(S(=O)(=O)N3CCCCC3)ccc21. The zero-order valence-corrected chi connectivity index (χ0v) is 15.3. The van der Waals surface area contributed by atoms with E-state index in [9.17, 15) is 13.2 Å². The molecule has 2 aliphatic heterocycles. The molecule has 25 heavy (non-hydrogen) atoms. The van der Waals surface area contributed by atoms with E-state index in [0.717, 1.165) is 30.5 Å². The van der Waals surface area contributed by atoms with Crippen LogP contribution in [-0.2, 0) is 21.2 Å². The van der Waals surface area contributed by atoms with Gasteiger partial charge >= 0.3 is 0 Å². The molecule has 0 saturated carbocycles. The number of nitrogens with zero attached hydrogens (tertiary/aromatic N) is 2. The van der Waals surface area contributed by atoms with Crippen molar-refractivity contribution < 1.29 is 13.2 Å². The second kappa shape index (κ2) is 7.54. The highest BCUT2D eigenvalue weighted by molar-refractivity contribution is 7.89. The Morgan fingerprint density at radius 1 is 1.08 bits per heavy atom. The van der Waals surface area contributed by atoms with Crippen LogP contribution in [-0.4, -0.2) is 38.3 Å². The normalized spacial score (nSPS) is 19.0. The van der Waals surface area contributed by atoms with Gasteiger partial charge in [-0.2, -0.15) is 4.31 Å². The molecule has 0 bridgehead atoms. The second-order valence-electron chi connectivity index (χ2n) is 6.38. The molecule has 0 atom stereocenters. The van der Waals surface area contributed by atoms with E-state index in [4.69, 9.17) is 0 Å². The number of amides is 1. The molecular weight excluding hydrogens is 336 g/mol. The molecule has 1 aromatic rings. The molecule has 2 heterocycles. The maximum Gasteiger partial charge on any atom is 0.250 e. The van der Waals surface area contributed by atoms with E-state index in [0.29, 0.717) is 31.0 Å². The molecule has 1 fully saturated rings. The van der Waals surface area contributed by atoms with Gasteiger partial charge in [-0.05, 0) is 49.9 Å². The zero-order chi connectivity index (χ0) is 17.9. The van der Waals surface area contributed by atoms with Crippen LogP contribution in [0.5, 0.6) is 0 Å². The molecule has 0 radical (unpaired) electrons. The monoisotopic (exact) mass is 360 g/mol. The summed E-state index contributed by atoms with van der Waals surface area (Å²) in [7, 11) is -3.43. The smallest absolute Gasteiger partial charge is 0.250 e. The molecule has 2 aliphatic rings. The van der Waals surface area contributed by atoms with Crippen molar-refractivity contribution in [3.8, 4) is 0 Å². The van der Waals surface area contributed by atoms with Crippen molar-refractivity contribution in [1.82, 2.24) is 4.31 Å². The number of piperidine rings is 1. The molecule has 5 nitrogen and oxygen atoms in total. The van der Waals surface area contributed by atoms with Crippen LogP contribution >= 0.6 is 0 Å². The lowest BCUT2D eigenvalue weighted by atomic mass is 10.2. The van der Waals surface area contributed by atoms with E-state index in [2.05, 4.69) is 0 Å². The van der Waals surface area contributed by atoms with Crippen molar-refractivity contribution in [3.05, 3.63) is 48.1 Å². The Labute approximate surface area is 149 Å². The van der Waals surface area contributed by atoms with E-state index in [-0.39, 0.29) is 5.91 Å². The third-order valence-electron chi connectivity index (χ3n) is 4.71. The van der Waals surface area contributed by atoms with E-state index in [1.165, 1.54) is 6.08 Å². The summed E-state index contributed by atoms with van der Waals surface area (Å²) >= 11 is 0. The lowest BCUT2D eigenvalue weighted by Gasteiger charge is -2.26. The maximum atomic E-state index is 12.8. The lowest BCUT2D eigenvalue weighted by molar-refractivity contribution is -0.114. The number of allylic oxidation sites excluding steroid dienone is 3. The fraction of sp³-hybridized carbons (Fsp3) is 0.421. The van der Waals surface area contributed by atoms with Gasteiger partial charge in [-0.25, -0.2) is 8.42 Å².